The van der Waals surface area contributed by atoms with Crippen molar-refractivity contribution >= 4 is 22.0 Å². The Bertz CT molecular complexity index is 303. The van der Waals surface area contributed by atoms with Gasteiger partial charge in [-0.1, -0.05) is 25.8 Å². The molecule has 0 bridgehead atoms. The summed E-state index contributed by atoms with van der Waals surface area (Å²) in [5, 5.41) is 0. The normalized spacial score (nSPS) is 26.1. The Hall–Kier alpha value is 0.220. The van der Waals surface area contributed by atoms with Crippen molar-refractivity contribution < 1.29 is 8.42 Å². The molecule has 0 saturated carbocycles. The molecule has 6 heteroatoms. The SMILES string of the molecule is CSN1CCN(S(C)(=O)=O)C(C(C)C)C1. The third-order valence-electron chi connectivity index (χ3n) is 2.78. The van der Waals surface area contributed by atoms with Gasteiger partial charge in [0.05, 0.1) is 6.26 Å². The highest BCUT2D eigenvalue weighted by atomic mass is 32.2. The van der Waals surface area contributed by atoms with Crippen LogP contribution in [0.25, 0.3) is 0 Å². The van der Waals surface area contributed by atoms with Crippen LogP contribution in [0.2, 0.25) is 0 Å². The minimum atomic E-state index is -3.05. The van der Waals surface area contributed by atoms with Crippen molar-refractivity contribution in [1.82, 2.24) is 8.61 Å². The molecule has 1 heterocycles. The largest absolute Gasteiger partial charge is 0.248 e. The second-order valence-electron chi connectivity index (χ2n) is 4.26. The smallest absolute Gasteiger partial charge is 0.211 e. The lowest BCUT2D eigenvalue weighted by molar-refractivity contribution is 0.172. The molecule has 0 spiro atoms. The number of rotatable bonds is 3. The summed E-state index contributed by atoms with van der Waals surface area (Å²) in [6.07, 6.45) is 3.34. The molecule has 0 aromatic carbocycles. The molecule has 90 valence electrons. The van der Waals surface area contributed by atoms with E-state index in [4.69, 9.17) is 0 Å². The summed E-state index contributed by atoms with van der Waals surface area (Å²) in [4.78, 5) is 0. The maximum atomic E-state index is 11.6. The molecule has 1 fully saturated rings. The molecule has 1 atom stereocenters. The first-order valence-electron chi connectivity index (χ1n) is 5.12. The van der Waals surface area contributed by atoms with E-state index in [1.807, 2.05) is 6.26 Å². The molecule has 1 aliphatic rings. The first-order valence-corrected chi connectivity index (χ1v) is 8.15. The topological polar surface area (TPSA) is 40.6 Å². The van der Waals surface area contributed by atoms with Crippen molar-refractivity contribution in [2.75, 3.05) is 32.1 Å². The van der Waals surface area contributed by atoms with Gasteiger partial charge in [0.1, 0.15) is 0 Å². The van der Waals surface area contributed by atoms with E-state index in [1.54, 1.807) is 16.3 Å². The van der Waals surface area contributed by atoms with E-state index in [2.05, 4.69) is 18.2 Å². The van der Waals surface area contributed by atoms with Gasteiger partial charge >= 0.3 is 0 Å². The molecule has 15 heavy (non-hydrogen) atoms. The second kappa shape index (κ2) is 5.03. The fraction of sp³-hybridized carbons (Fsp3) is 1.00. The van der Waals surface area contributed by atoms with E-state index in [9.17, 15) is 8.42 Å². The van der Waals surface area contributed by atoms with Crippen molar-refractivity contribution in [3.63, 3.8) is 0 Å². The summed E-state index contributed by atoms with van der Waals surface area (Å²) in [6.45, 7) is 6.41. The highest BCUT2D eigenvalue weighted by Gasteiger charge is 2.34. The van der Waals surface area contributed by atoms with Gasteiger partial charge in [0, 0.05) is 25.7 Å². The van der Waals surface area contributed by atoms with Crippen LogP contribution >= 0.6 is 11.9 Å². The monoisotopic (exact) mass is 252 g/mol. The van der Waals surface area contributed by atoms with Gasteiger partial charge in [0.25, 0.3) is 0 Å². The van der Waals surface area contributed by atoms with Crippen LogP contribution in [0.3, 0.4) is 0 Å². The number of piperazine rings is 1. The van der Waals surface area contributed by atoms with Crippen molar-refractivity contribution in [3.05, 3.63) is 0 Å². The maximum absolute atomic E-state index is 11.6. The predicted molar refractivity (Wildman–Crippen MR) is 65.3 cm³/mol. The van der Waals surface area contributed by atoms with E-state index in [0.717, 1.165) is 13.1 Å². The van der Waals surface area contributed by atoms with Gasteiger partial charge in [-0.25, -0.2) is 12.7 Å². The molecule has 0 amide bonds. The van der Waals surface area contributed by atoms with E-state index in [-0.39, 0.29) is 6.04 Å². The minimum Gasteiger partial charge on any atom is -0.248 e. The first-order chi connectivity index (χ1) is 6.86. The third kappa shape index (κ3) is 3.34. The van der Waals surface area contributed by atoms with E-state index in [0.29, 0.717) is 12.5 Å². The summed E-state index contributed by atoms with van der Waals surface area (Å²) in [5.41, 5.74) is 0. The maximum Gasteiger partial charge on any atom is 0.211 e. The summed E-state index contributed by atoms with van der Waals surface area (Å²) in [5.74, 6) is 0.356. The summed E-state index contributed by atoms with van der Waals surface area (Å²) >= 11 is 1.69. The lowest BCUT2D eigenvalue weighted by Crippen LogP contribution is -2.54. The van der Waals surface area contributed by atoms with Gasteiger partial charge in [-0.15, -0.1) is 0 Å². The van der Waals surface area contributed by atoms with Crippen LogP contribution in [0, 0.1) is 5.92 Å². The quantitative estimate of drug-likeness (QED) is 0.699. The Kier molecular flexibility index (Phi) is 4.46. The van der Waals surface area contributed by atoms with Gasteiger partial charge in [-0.3, -0.25) is 0 Å². The van der Waals surface area contributed by atoms with Crippen molar-refractivity contribution in [2.45, 2.75) is 19.9 Å². The summed E-state index contributed by atoms with van der Waals surface area (Å²) < 4.78 is 27.1. The highest BCUT2D eigenvalue weighted by Crippen LogP contribution is 2.22. The van der Waals surface area contributed by atoms with Crippen molar-refractivity contribution in [2.24, 2.45) is 5.92 Å². The fourth-order valence-electron chi connectivity index (χ4n) is 1.89. The zero-order valence-corrected chi connectivity index (χ0v) is 11.4. The molecular weight excluding hydrogens is 232 g/mol. The third-order valence-corrected chi connectivity index (χ3v) is 4.94. The Morgan fingerprint density at radius 1 is 1.33 bits per heavy atom. The van der Waals surface area contributed by atoms with Crippen LogP contribution in [0.5, 0.6) is 0 Å². The minimum absolute atomic E-state index is 0.112. The Morgan fingerprint density at radius 3 is 2.33 bits per heavy atom. The molecule has 1 saturated heterocycles. The highest BCUT2D eigenvalue weighted by molar-refractivity contribution is 7.96. The fourth-order valence-corrected chi connectivity index (χ4v) is 3.67. The van der Waals surface area contributed by atoms with Crippen LogP contribution in [0.15, 0.2) is 0 Å². The molecule has 1 rings (SSSR count). The molecule has 1 unspecified atom stereocenters. The Balaban J connectivity index is 2.81. The standard InChI is InChI=1S/C9H20N2O2S2/c1-8(2)9-7-10(14-3)5-6-11(9)15(4,12)13/h8-9H,5-7H2,1-4H3. The molecular formula is C9H20N2O2S2. The lowest BCUT2D eigenvalue weighted by Gasteiger charge is -2.40. The number of hydrogen-bond donors (Lipinski definition) is 0. The average molecular weight is 252 g/mol. The zero-order chi connectivity index (χ0) is 11.6. The van der Waals surface area contributed by atoms with Crippen LogP contribution in [0.4, 0.5) is 0 Å². The molecule has 0 aliphatic carbocycles. The second-order valence-corrected chi connectivity index (χ2v) is 7.07. The van der Waals surface area contributed by atoms with Crippen LogP contribution < -0.4 is 0 Å². The van der Waals surface area contributed by atoms with E-state index >= 15 is 0 Å². The summed E-state index contributed by atoms with van der Waals surface area (Å²) in [7, 11) is -3.05. The average Bonchev–Trinajstić information content (AvgIpc) is 2.15. The van der Waals surface area contributed by atoms with Crippen molar-refractivity contribution in [3.8, 4) is 0 Å². The number of nitrogens with zero attached hydrogens (tertiary/aromatic N) is 2. The van der Waals surface area contributed by atoms with E-state index < -0.39 is 10.0 Å². The lowest BCUT2D eigenvalue weighted by atomic mass is 10.0. The van der Waals surface area contributed by atoms with Gasteiger partial charge in [-0.05, 0) is 12.2 Å². The molecule has 1 aliphatic heterocycles. The number of hydrogen-bond acceptors (Lipinski definition) is 4. The van der Waals surface area contributed by atoms with Gasteiger partial charge in [0.15, 0.2) is 0 Å². The first kappa shape index (κ1) is 13.3. The molecule has 0 N–H and O–H groups in total. The van der Waals surface area contributed by atoms with Crippen molar-refractivity contribution in [1.29, 1.82) is 0 Å². The van der Waals surface area contributed by atoms with Crippen LogP contribution in [-0.4, -0.2) is 55.2 Å². The predicted octanol–water partition coefficient (Wildman–Crippen LogP) is 0.866. The zero-order valence-electron chi connectivity index (χ0n) is 9.80. The summed E-state index contributed by atoms with van der Waals surface area (Å²) in [6, 6.07) is 0.112. The molecule has 4 nitrogen and oxygen atoms in total. The molecule has 0 aromatic heterocycles. The number of sulfonamides is 1. The van der Waals surface area contributed by atoms with Crippen LogP contribution in [-0.2, 0) is 10.0 Å². The van der Waals surface area contributed by atoms with Gasteiger partial charge in [-0.2, -0.15) is 4.31 Å². The van der Waals surface area contributed by atoms with Gasteiger partial charge in [0.2, 0.25) is 10.0 Å². The molecule has 0 radical (unpaired) electrons. The van der Waals surface area contributed by atoms with Gasteiger partial charge < -0.3 is 0 Å². The van der Waals surface area contributed by atoms with E-state index in [1.165, 1.54) is 6.26 Å². The Labute approximate surface area is 97.2 Å². The Morgan fingerprint density at radius 2 is 1.93 bits per heavy atom. The van der Waals surface area contributed by atoms with Crippen LogP contribution in [0.1, 0.15) is 13.8 Å². The molecule has 0 aromatic rings.